The molecule has 1 N–H and O–H groups in total. The minimum absolute atomic E-state index is 0.00610. The molecule has 7 heteroatoms. The normalized spacial score (nSPS) is 10.7. The number of aromatic nitrogens is 2. The van der Waals surface area contributed by atoms with E-state index in [0.717, 1.165) is 28.8 Å². The molecule has 7 nitrogen and oxygen atoms in total. The first-order chi connectivity index (χ1) is 15.9. The van der Waals surface area contributed by atoms with Crippen LogP contribution in [0.15, 0.2) is 78.9 Å². The largest absolute Gasteiger partial charge is 0.350 e. The zero-order chi connectivity index (χ0) is 23.4. The van der Waals surface area contributed by atoms with E-state index >= 15 is 0 Å². The molecule has 0 aliphatic carbocycles. The molecule has 166 valence electrons. The summed E-state index contributed by atoms with van der Waals surface area (Å²) in [6.45, 7) is 4.45. The Morgan fingerprint density at radius 2 is 1.73 bits per heavy atom. The summed E-state index contributed by atoms with van der Waals surface area (Å²) in [5, 5.41) is 18.7. The van der Waals surface area contributed by atoms with E-state index in [1.165, 1.54) is 12.1 Å². The maximum absolute atomic E-state index is 13.2. The number of rotatable bonds is 7. The summed E-state index contributed by atoms with van der Waals surface area (Å²) in [5.74, 6) is -0.229. The first-order valence-electron chi connectivity index (χ1n) is 10.7. The van der Waals surface area contributed by atoms with Gasteiger partial charge in [-0.15, -0.1) is 0 Å². The Morgan fingerprint density at radius 3 is 2.42 bits per heavy atom. The second kappa shape index (κ2) is 9.48. The molecule has 0 aliphatic rings. The fourth-order valence-electron chi connectivity index (χ4n) is 3.62. The molecule has 0 saturated heterocycles. The van der Waals surface area contributed by atoms with Gasteiger partial charge in [0.15, 0.2) is 0 Å². The number of carbonyl (C=O) groups is 1. The predicted octanol–water partition coefficient (Wildman–Crippen LogP) is 5.04. The molecule has 33 heavy (non-hydrogen) atoms. The van der Waals surface area contributed by atoms with Gasteiger partial charge in [-0.05, 0) is 61.2 Å². The van der Waals surface area contributed by atoms with Crippen LogP contribution in [0.1, 0.15) is 27.2 Å². The Kier molecular flexibility index (Phi) is 6.31. The van der Waals surface area contributed by atoms with E-state index in [1.54, 1.807) is 22.9 Å². The van der Waals surface area contributed by atoms with E-state index in [9.17, 15) is 14.9 Å². The summed E-state index contributed by atoms with van der Waals surface area (Å²) >= 11 is 0. The van der Waals surface area contributed by atoms with Crippen LogP contribution in [0, 0.1) is 24.0 Å². The molecule has 0 aliphatic heterocycles. The molecule has 0 unspecified atom stereocenters. The molecule has 0 saturated carbocycles. The van der Waals surface area contributed by atoms with E-state index in [4.69, 9.17) is 5.10 Å². The van der Waals surface area contributed by atoms with Gasteiger partial charge in [-0.25, -0.2) is 4.68 Å². The third-order valence-corrected chi connectivity index (χ3v) is 5.45. The van der Waals surface area contributed by atoms with Crippen LogP contribution in [0.5, 0.6) is 0 Å². The monoisotopic (exact) mass is 440 g/mol. The van der Waals surface area contributed by atoms with Crippen LogP contribution in [0.3, 0.4) is 0 Å². The molecule has 0 atom stereocenters. The van der Waals surface area contributed by atoms with Crippen molar-refractivity contribution in [3.05, 3.63) is 111 Å². The van der Waals surface area contributed by atoms with Gasteiger partial charge in [0.25, 0.3) is 11.6 Å². The standard InChI is InChI=1S/C26H24N4O3/c1-18-8-9-19(2)24(16-18)29-25(26(31)27-15-14-20-6-4-3-5-7-20)17-23(28-29)21-10-12-22(13-11-21)30(32)33/h3-13,16-17H,14-15H2,1-2H3,(H,27,31). The highest BCUT2D eigenvalue weighted by atomic mass is 16.6. The van der Waals surface area contributed by atoms with Gasteiger partial charge < -0.3 is 5.32 Å². The van der Waals surface area contributed by atoms with Crippen LogP contribution in [-0.4, -0.2) is 27.2 Å². The lowest BCUT2D eigenvalue weighted by molar-refractivity contribution is -0.384. The Hall–Kier alpha value is -4.26. The van der Waals surface area contributed by atoms with Gasteiger partial charge >= 0.3 is 0 Å². The minimum Gasteiger partial charge on any atom is -0.350 e. The molecule has 0 bridgehead atoms. The van der Waals surface area contributed by atoms with E-state index < -0.39 is 4.92 Å². The number of nitrogens with zero attached hydrogens (tertiary/aromatic N) is 3. The van der Waals surface area contributed by atoms with Crippen molar-refractivity contribution in [1.29, 1.82) is 0 Å². The Balaban J connectivity index is 1.67. The van der Waals surface area contributed by atoms with Crippen LogP contribution < -0.4 is 5.32 Å². The van der Waals surface area contributed by atoms with Crippen LogP contribution in [0.2, 0.25) is 0 Å². The Morgan fingerprint density at radius 1 is 1.00 bits per heavy atom. The van der Waals surface area contributed by atoms with E-state index in [-0.39, 0.29) is 11.6 Å². The number of nitro benzene ring substituents is 1. The lowest BCUT2D eigenvalue weighted by Crippen LogP contribution is -2.28. The topological polar surface area (TPSA) is 90.1 Å². The summed E-state index contributed by atoms with van der Waals surface area (Å²) in [6, 6.07) is 23.8. The molecule has 0 spiro atoms. The molecule has 3 aromatic carbocycles. The quantitative estimate of drug-likeness (QED) is 0.322. The van der Waals surface area contributed by atoms with Crippen LogP contribution in [0.25, 0.3) is 16.9 Å². The smallest absolute Gasteiger partial charge is 0.270 e. The summed E-state index contributed by atoms with van der Waals surface area (Å²) in [7, 11) is 0. The minimum atomic E-state index is -0.440. The van der Waals surface area contributed by atoms with Crippen molar-refractivity contribution in [2.24, 2.45) is 0 Å². The summed E-state index contributed by atoms with van der Waals surface area (Å²) < 4.78 is 1.65. The molecule has 1 heterocycles. The highest BCUT2D eigenvalue weighted by Gasteiger charge is 2.19. The van der Waals surface area contributed by atoms with Gasteiger partial charge in [0.2, 0.25) is 0 Å². The Labute approximate surface area is 191 Å². The molecular weight excluding hydrogens is 416 g/mol. The third kappa shape index (κ3) is 4.98. The lowest BCUT2D eigenvalue weighted by Gasteiger charge is -2.11. The molecule has 0 radical (unpaired) electrons. The molecule has 4 aromatic rings. The van der Waals surface area contributed by atoms with Gasteiger partial charge in [-0.3, -0.25) is 14.9 Å². The van der Waals surface area contributed by atoms with Crippen LogP contribution in [-0.2, 0) is 6.42 Å². The number of aryl methyl sites for hydroxylation is 2. The highest BCUT2D eigenvalue weighted by Crippen LogP contribution is 2.25. The first-order valence-corrected chi connectivity index (χ1v) is 10.7. The number of non-ortho nitro benzene ring substituents is 1. The molecule has 4 rings (SSSR count). The number of carbonyl (C=O) groups excluding carboxylic acids is 1. The SMILES string of the molecule is Cc1ccc(C)c(-n2nc(-c3ccc([N+](=O)[O-])cc3)cc2C(=O)NCCc2ccccc2)c1. The highest BCUT2D eigenvalue weighted by molar-refractivity contribution is 5.94. The van der Waals surface area contributed by atoms with Crippen molar-refractivity contribution in [1.82, 2.24) is 15.1 Å². The maximum atomic E-state index is 13.2. The van der Waals surface area contributed by atoms with E-state index in [1.807, 2.05) is 62.4 Å². The molecular formula is C26H24N4O3. The average Bonchev–Trinajstić information content (AvgIpc) is 3.27. The van der Waals surface area contributed by atoms with Gasteiger partial charge in [0, 0.05) is 24.2 Å². The van der Waals surface area contributed by atoms with Crippen molar-refractivity contribution >= 4 is 11.6 Å². The number of nitro groups is 1. The van der Waals surface area contributed by atoms with Crippen LogP contribution in [0.4, 0.5) is 5.69 Å². The lowest BCUT2D eigenvalue weighted by atomic mass is 10.1. The van der Waals surface area contributed by atoms with E-state index in [0.29, 0.717) is 23.5 Å². The average molecular weight is 441 g/mol. The summed E-state index contributed by atoms with van der Waals surface area (Å²) in [4.78, 5) is 23.7. The number of amides is 1. The van der Waals surface area contributed by atoms with Gasteiger partial charge in [0.05, 0.1) is 16.3 Å². The van der Waals surface area contributed by atoms with E-state index in [2.05, 4.69) is 5.32 Å². The number of benzene rings is 3. The number of nitrogens with one attached hydrogen (secondary N) is 1. The van der Waals surface area contributed by atoms with Crippen molar-refractivity contribution < 1.29 is 9.72 Å². The summed E-state index contributed by atoms with van der Waals surface area (Å²) in [6.07, 6.45) is 0.722. The number of hydrogen-bond donors (Lipinski definition) is 1. The predicted molar refractivity (Wildman–Crippen MR) is 128 cm³/mol. The molecule has 1 amide bonds. The van der Waals surface area contributed by atoms with Crippen molar-refractivity contribution in [3.63, 3.8) is 0 Å². The van der Waals surface area contributed by atoms with Gasteiger partial charge in [-0.1, -0.05) is 42.5 Å². The second-order valence-corrected chi connectivity index (χ2v) is 7.91. The second-order valence-electron chi connectivity index (χ2n) is 7.91. The maximum Gasteiger partial charge on any atom is 0.270 e. The third-order valence-electron chi connectivity index (χ3n) is 5.45. The van der Waals surface area contributed by atoms with Crippen molar-refractivity contribution in [2.75, 3.05) is 6.54 Å². The molecule has 1 aromatic heterocycles. The Bertz CT molecular complexity index is 1300. The van der Waals surface area contributed by atoms with Gasteiger partial charge in [-0.2, -0.15) is 5.10 Å². The number of hydrogen-bond acceptors (Lipinski definition) is 4. The zero-order valence-corrected chi connectivity index (χ0v) is 18.5. The fraction of sp³-hybridized carbons (Fsp3) is 0.154. The summed E-state index contributed by atoms with van der Waals surface area (Å²) in [5.41, 5.74) is 5.68. The van der Waals surface area contributed by atoms with Crippen LogP contribution >= 0.6 is 0 Å². The fourth-order valence-corrected chi connectivity index (χ4v) is 3.62. The van der Waals surface area contributed by atoms with Crippen molar-refractivity contribution in [2.45, 2.75) is 20.3 Å². The zero-order valence-electron chi connectivity index (χ0n) is 18.5. The van der Waals surface area contributed by atoms with Gasteiger partial charge in [0.1, 0.15) is 5.69 Å². The van der Waals surface area contributed by atoms with Crippen molar-refractivity contribution in [3.8, 4) is 16.9 Å². The molecule has 0 fully saturated rings. The first kappa shape index (κ1) is 22.0.